The minimum Gasteiger partial charge on any atom is -0.459 e. The molecule has 4 N–H and O–H groups in total. The summed E-state index contributed by atoms with van der Waals surface area (Å²) in [5.41, 5.74) is -2.99. The van der Waals surface area contributed by atoms with E-state index >= 15 is 0 Å². The number of rotatable bonds is 16. The van der Waals surface area contributed by atoms with Crippen LogP contribution in [-0.2, 0) is 53.9 Å². The lowest BCUT2D eigenvalue weighted by molar-refractivity contribution is -0.308. The Balaban J connectivity index is 1.39. The number of cyclic esters (lactones) is 1. The number of hydrogen-bond donors (Lipinski definition) is 4. The maximum absolute atomic E-state index is 14.5. The summed E-state index contributed by atoms with van der Waals surface area (Å²) in [7, 11) is 1.20. The van der Waals surface area contributed by atoms with Crippen molar-refractivity contribution in [3.63, 3.8) is 0 Å². The molecule has 1 aromatic heterocycles. The second-order valence-electron chi connectivity index (χ2n) is 21.9. The van der Waals surface area contributed by atoms with Crippen molar-refractivity contribution in [2.24, 2.45) is 17.8 Å². The van der Waals surface area contributed by atoms with Crippen LogP contribution >= 0.6 is 0 Å². The van der Waals surface area contributed by atoms with E-state index in [1.165, 1.54) is 30.8 Å². The normalized spacial score (nSPS) is 38.8. The quantitative estimate of drug-likeness (QED) is 0.135. The van der Waals surface area contributed by atoms with E-state index in [-0.39, 0.29) is 42.2 Å². The standard InChI is InChI=1S/C51H86FN5O14S/c1-15-41-51(11,62)45(58)35(7)56(13)27-31(3)24-49(9,61)47(33(5)44(34(6)48(60)69-41)70-43-25-50(10,65-14)46(59)36(8)68-43)71-42-23-38(22-32(4)67-42)55(12)21-20-37-28-57(54-53-37)39(26-52)29-66-72(63,64)40-18-16-30(2)17-19-40/h16-19,28,31-36,38-39,41-47,58-59,61-62H,15,20-27,29H2,1-14H3/t31-,32-,33+,34-,35-,36+,38+,39-,41-,42+,43+,44+,45-,46+,47-,49-,50-,51-/m1/s1. The number of aliphatic hydroxyl groups excluding tert-OH is 2. The number of benzene rings is 1. The Bertz CT molecular complexity index is 2140. The number of aryl methyl sites for hydroxylation is 1. The van der Waals surface area contributed by atoms with Gasteiger partial charge >= 0.3 is 5.97 Å². The van der Waals surface area contributed by atoms with Crippen LogP contribution in [0, 0.1) is 24.7 Å². The van der Waals surface area contributed by atoms with Crippen molar-refractivity contribution in [3.8, 4) is 0 Å². The van der Waals surface area contributed by atoms with Crippen LogP contribution in [0.2, 0.25) is 0 Å². The molecule has 0 spiro atoms. The molecule has 412 valence electrons. The molecule has 21 heteroatoms. The molecule has 5 rings (SSSR count). The van der Waals surface area contributed by atoms with Crippen LogP contribution in [0.25, 0.3) is 0 Å². The van der Waals surface area contributed by atoms with Gasteiger partial charge in [0.25, 0.3) is 10.1 Å². The van der Waals surface area contributed by atoms with Crippen molar-refractivity contribution in [2.75, 3.05) is 47.6 Å². The van der Waals surface area contributed by atoms with Gasteiger partial charge in [0, 0.05) is 63.7 Å². The molecule has 2 aromatic rings. The summed E-state index contributed by atoms with van der Waals surface area (Å²) in [5, 5.41) is 55.8. The lowest BCUT2D eigenvalue weighted by atomic mass is 9.77. The molecule has 1 aromatic carbocycles. The van der Waals surface area contributed by atoms with Crippen LogP contribution < -0.4 is 0 Å². The van der Waals surface area contributed by atoms with Crippen molar-refractivity contribution in [3.05, 3.63) is 41.7 Å². The molecule has 0 radical (unpaired) electrons. The number of carbonyl (C=O) groups is 1. The van der Waals surface area contributed by atoms with Crippen LogP contribution in [-0.4, -0.2) is 191 Å². The molecule has 0 aliphatic carbocycles. The summed E-state index contributed by atoms with van der Waals surface area (Å²) in [5.74, 6) is -2.65. The zero-order valence-corrected chi connectivity index (χ0v) is 45.8. The third kappa shape index (κ3) is 14.6. The summed E-state index contributed by atoms with van der Waals surface area (Å²) < 4.78 is 84.9. The van der Waals surface area contributed by atoms with Gasteiger partial charge in [-0.3, -0.25) is 8.98 Å². The number of aliphatic hydroxyl groups is 4. The highest BCUT2D eigenvalue weighted by atomic mass is 32.2. The molecular weight excluding hydrogens is 958 g/mol. The lowest BCUT2D eigenvalue weighted by Gasteiger charge is -2.48. The predicted octanol–water partition coefficient (Wildman–Crippen LogP) is 4.36. The fourth-order valence-corrected chi connectivity index (χ4v) is 11.8. The van der Waals surface area contributed by atoms with Crippen molar-refractivity contribution in [2.45, 2.75) is 210 Å². The fourth-order valence-electron chi connectivity index (χ4n) is 10.8. The third-order valence-corrected chi connectivity index (χ3v) is 16.9. The molecule has 0 unspecified atom stereocenters. The molecule has 19 nitrogen and oxygen atoms in total. The molecule has 72 heavy (non-hydrogen) atoms. The second-order valence-corrected chi connectivity index (χ2v) is 23.5. The zero-order valence-electron chi connectivity index (χ0n) is 45.0. The molecular formula is C51H86FN5O14S. The number of halogens is 1. The maximum Gasteiger partial charge on any atom is 0.311 e. The number of aromatic nitrogens is 3. The lowest BCUT2D eigenvalue weighted by Crippen LogP contribution is -2.59. The Morgan fingerprint density at radius 2 is 1.64 bits per heavy atom. The number of likely N-dealkylation sites (N-methyl/N-ethyl adjacent to an activating group) is 2. The first-order chi connectivity index (χ1) is 33.6. The van der Waals surface area contributed by atoms with Gasteiger partial charge in [-0.25, -0.2) is 9.07 Å². The summed E-state index contributed by atoms with van der Waals surface area (Å²) in [4.78, 5) is 18.5. The van der Waals surface area contributed by atoms with E-state index in [1.54, 1.807) is 59.9 Å². The van der Waals surface area contributed by atoms with E-state index in [1.807, 2.05) is 46.7 Å². The van der Waals surface area contributed by atoms with E-state index in [0.717, 1.165) is 5.56 Å². The van der Waals surface area contributed by atoms with Crippen molar-refractivity contribution in [1.29, 1.82) is 0 Å². The van der Waals surface area contributed by atoms with Crippen LogP contribution in [0.4, 0.5) is 4.39 Å². The van der Waals surface area contributed by atoms with E-state index in [0.29, 0.717) is 38.0 Å². The number of ether oxygens (including phenoxy) is 6. The summed E-state index contributed by atoms with van der Waals surface area (Å²) >= 11 is 0. The van der Waals surface area contributed by atoms with E-state index in [4.69, 9.17) is 32.6 Å². The van der Waals surface area contributed by atoms with Gasteiger partial charge in [0.05, 0.1) is 58.7 Å². The molecule has 3 aliphatic heterocycles. The second kappa shape index (κ2) is 24.9. The van der Waals surface area contributed by atoms with Crippen molar-refractivity contribution in [1.82, 2.24) is 24.8 Å². The van der Waals surface area contributed by atoms with Gasteiger partial charge in [-0.2, -0.15) is 8.42 Å². The van der Waals surface area contributed by atoms with E-state index in [9.17, 15) is 38.0 Å². The number of hydrogen-bond acceptors (Lipinski definition) is 18. The van der Waals surface area contributed by atoms with Gasteiger partial charge in [-0.05, 0) is 107 Å². The highest BCUT2D eigenvalue weighted by Crippen LogP contribution is 2.40. The number of carbonyl (C=O) groups excluding carboxylic acids is 1. The van der Waals surface area contributed by atoms with Crippen LogP contribution in [0.15, 0.2) is 35.4 Å². The van der Waals surface area contributed by atoms with E-state index in [2.05, 4.69) is 15.2 Å². The summed E-state index contributed by atoms with van der Waals surface area (Å²) in [6.07, 6.45) is -4.56. The van der Waals surface area contributed by atoms with Crippen LogP contribution in [0.3, 0.4) is 0 Å². The van der Waals surface area contributed by atoms with Gasteiger partial charge in [-0.1, -0.05) is 43.7 Å². The average Bonchev–Trinajstić information content (AvgIpc) is 3.79. The number of nitrogens with zero attached hydrogens (tertiary/aromatic N) is 5. The minimum atomic E-state index is -4.12. The van der Waals surface area contributed by atoms with E-state index < -0.39 is 119 Å². The van der Waals surface area contributed by atoms with Crippen molar-refractivity contribution < 1.29 is 70.6 Å². The predicted molar refractivity (Wildman–Crippen MR) is 265 cm³/mol. The molecule has 0 bridgehead atoms. The van der Waals surface area contributed by atoms with Crippen molar-refractivity contribution >= 4 is 16.1 Å². The molecule has 18 atom stereocenters. The number of esters is 1. The van der Waals surface area contributed by atoms with Gasteiger partial charge in [0.15, 0.2) is 12.6 Å². The summed E-state index contributed by atoms with van der Waals surface area (Å²) in [6, 6.07) is 4.54. The topological polar surface area (TPSA) is 234 Å². The maximum atomic E-state index is 14.5. The Kier molecular flexibility index (Phi) is 20.8. The highest BCUT2D eigenvalue weighted by Gasteiger charge is 2.52. The molecule has 3 fully saturated rings. The molecule has 0 saturated carbocycles. The van der Waals surface area contributed by atoms with Gasteiger partial charge in [-0.15, -0.1) is 5.10 Å². The molecule has 3 aliphatic rings. The Labute approximate surface area is 427 Å². The Morgan fingerprint density at radius 3 is 2.26 bits per heavy atom. The van der Waals surface area contributed by atoms with Gasteiger partial charge in [0.1, 0.15) is 36.6 Å². The molecule has 4 heterocycles. The molecule has 3 saturated heterocycles. The first-order valence-corrected chi connectivity index (χ1v) is 27.0. The zero-order chi connectivity index (χ0) is 53.7. The highest BCUT2D eigenvalue weighted by molar-refractivity contribution is 7.86. The SMILES string of the molecule is CC[C@H]1OC(=O)[C@H](C)[C@@H](O[C@H]2C[C@@](C)(OC)[C@@H](O)[C@H](C)O2)[C@H](C)[C@@H](O[C@H]2C[C@@H](N(C)CCc3cn([C@H](CF)COS(=O)(=O)c4ccc(C)cc4)nn3)C[C@@H](C)O2)[C@](C)(O)C[C@@H](C)CN(C)[C@H](C)[C@@H](O)[C@]1(C)O. The third-order valence-electron chi connectivity index (χ3n) is 15.6. The largest absolute Gasteiger partial charge is 0.459 e. The van der Waals surface area contributed by atoms with Gasteiger partial charge in [0.2, 0.25) is 0 Å². The number of alkyl halides is 1. The first kappa shape index (κ1) is 60.1. The van der Waals surface area contributed by atoms with Gasteiger partial charge < -0.3 is 58.6 Å². The van der Waals surface area contributed by atoms with Crippen LogP contribution in [0.5, 0.6) is 0 Å². The van der Waals surface area contributed by atoms with Crippen LogP contribution in [0.1, 0.15) is 119 Å². The monoisotopic (exact) mass is 1040 g/mol. The molecule has 0 amide bonds. The Hall–Kier alpha value is -2.77. The Morgan fingerprint density at radius 1 is 0.972 bits per heavy atom. The number of methoxy groups -OCH3 is 1. The average molecular weight is 1040 g/mol. The minimum absolute atomic E-state index is 0.0247. The summed E-state index contributed by atoms with van der Waals surface area (Å²) in [6.45, 7) is 19.1. The fraction of sp³-hybridized carbons (Fsp3) is 0.824. The first-order valence-electron chi connectivity index (χ1n) is 25.6. The smallest absolute Gasteiger partial charge is 0.311 e.